The summed E-state index contributed by atoms with van der Waals surface area (Å²) in [5, 5.41) is 8.83. The Kier molecular flexibility index (Phi) is 8.66. The van der Waals surface area contributed by atoms with E-state index < -0.39 is 55.0 Å². The standard InChI is InChI=1S/C26H24F7NO6/c27-21-8-18(37-12-15-3-4-22(39-14-25(28,29)30)20(7-15)26(31,32)33)9-23-19(21)6-16(13-38-23)10-34-5-1-2-17(11-34)40-24(35)36/h3-4,6-9,17H,1-2,5,10-14H2,(H,35,36)/t17-/m0/s1. The Hall–Kier alpha value is -3.68. The van der Waals surface area contributed by atoms with Crippen LogP contribution in [0.4, 0.5) is 35.5 Å². The number of carboxylic acid groups (broad SMARTS) is 1. The zero-order chi connectivity index (χ0) is 29.1. The Morgan fingerprint density at radius 3 is 2.58 bits per heavy atom. The molecule has 0 unspecified atom stereocenters. The number of carbonyl (C=O) groups is 1. The van der Waals surface area contributed by atoms with Gasteiger partial charge in [-0.15, -0.1) is 0 Å². The molecule has 2 aromatic rings. The zero-order valence-electron chi connectivity index (χ0n) is 20.8. The van der Waals surface area contributed by atoms with Gasteiger partial charge in [-0.25, -0.2) is 9.18 Å². The Balaban J connectivity index is 1.42. The van der Waals surface area contributed by atoms with Gasteiger partial charge in [-0.05, 0) is 48.7 Å². The van der Waals surface area contributed by atoms with Crippen molar-refractivity contribution in [3.63, 3.8) is 0 Å². The Labute approximate surface area is 223 Å². The van der Waals surface area contributed by atoms with E-state index in [1.165, 1.54) is 6.07 Å². The van der Waals surface area contributed by atoms with E-state index in [9.17, 15) is 35.5 Å². The van der Waals surface area contributed by atoms with Crippen molar-refractivity contribution in [2.24, 2.45) is 0 Å². The van der Waals surface area contributed by atoms with E-state index in [2.05, 4.69) is 4.74 Å². The van der Waals surface area contributed by atoms with E-state index in [1.54, 1.807) is 6.08 Å². The highest BCUT2D eigenvalue weighted by Crippen LogP contribution is 2.38. The van der Waals surface area contributed by atoms with Gasteiger partial charge < -0.3 is 24.1 Å². The molecule has 4 rings (SSSR count). The van der Waals surface area contributed by atoms with Crippen LogP contribution in [-0.4, -0.2) is 61.3 Å². The number of likely N-dealkylation sites (tertiary alicyclic amines) is 1. The molecule has 218 valence electrons. The smallest absolute Gasteiger partial charge is 0.489 e. The van der Waals surface area contributed by atoms with E-state index in [0.717, 1.165) is 30.2 Å². The number of hydrogen-bond donors (Lipinski definition) is 1. The van der Waals surface area contributed by atoms with Crippen molar-refractivity contribution in [2.45, 2.75) is 37.9 Å². The van der Waals surface area contributed by atoms with Gasteiger partial charge in [0.2, 0.25) is 0 Å². The third-order valence-corrected chi connectivity index (χ3v) is 6.13. The first-order valence-corrected chi connectivity index (χ1v) is 12.1. The maximum atomic E-state index is 14.9. The van der Waals surface area contributed by atoms with Crippen LogP contribution in [0, 0.1) is 5.82 Å². The fourth-order valence-electron chi connectivity index (χ4n) is 4.44. The number of halogens is 7. The highest BCUT2D eigenvalue weighted by Gasteiger charge is 2.36. The summed E-state index contributed by atoms with van der Waals surface area (Å²) in [6, 6.07) is 4.93. The third-order valence-electron chi connectivity index (χ3n) is 6.13. The molecule has 2 aliphatic rings. The predicted octanol–water partition coefficient (Wildman–Crippen LogP) is 6.30. The predicted molar refractivity (Wildman–Crippen MR) is 126 cm³/mol. The van der Waals surface area contributed by atoms with Crippen LogP contribution >= 0.6 is 0 Å². The number of piperidine rings is 1. The topological polar surface area (TPSA) is 77.5 Å². The molecule has 2 heterocycles. The van der Waals surface area contributed by atoms with E-state index in [0.29, 0.717) is 32.1 Å². The van der Waals surface area contributed by atoms with Crippen molar-refractivity contribution >= 4 is 12.2 Å². The van der Waals surface area contributed by atoms with Crippen molar-refractivity contribution in [3.05, 3.63) is 58.4 Å². The average molecular weight is 579 g/mol. The van der Waals surface area contributed by atoms with Crippen LogP contribution in [0.25, 0.3) is 6.08 Å². The summed E-state index contributed by atoms with van der Waals surface area (Å²) >= 11 is 0. The summed E-state index contributed by atoms with van der Waals surface area (Å²) < 4.78 is 113. The highest BCUT2D eigenvalue weighted by atomic mass is 19.4. The van der Waals surface area contributed by atoms with Crippen LogP contribution in [0.5, 0.6) is 17.2 Å². The maximum absolute atomic E-state index is 14.9. The monoisotopic (exact) mass is 579 g/mol. The summed E-state index contributed by atoms with van der Waals surface area (Å²) in [5.74, 6) is -1.53. The SMILES string of the molecule is O=C(O)O[C@H]1CCCN(CC2=Cc3c(F)cc(OCc4ccc(OCC(F)(F)F)c(C(F)(F)F)c4)cc3OC2)C1. The minimum atomic E-state index is -4.98. The van der Waals surface area contributed by atoms with Gasteiger partial charge in [0.05, 0.1) is 11.1 Å². The lowest BCUT2D eigenvalue weighted by Gasteiger charge is -2.33. The van der Waals surface area contributed by atoms with Crippen molar-refractivity contribution in [1.82, 2.24) is 4.90 Å². The molecule has 0 radical (unpaired) electrons. The highest BCUT2D eigenvalue weighted by molar-refractivity contribution is 5.64. The van der Waals surface area contributed by atoms with E-state index in [-0.39, 0.29) is 29.2 Å². The second-order valence-corrected chi connectivity index (χ2v) is 9.31. The molecule has 7 nitrogen and oxygen atoms in total. The molecule has 1 fully saturated rings. The molecule has 2 aliphatic heterocycles. The first kappa shape index (κ1) is 29.3. The van der Waals surface area contributed by atoms with Crippen LogP contribution in [0.15, 0.2) is 35.9 Å². The Morgan fingerprint density at radius 1 is 1.10 bits per heavy atom. The zero-order valence-corrected chi connectivity index (χ0v) is 20.8. The van der Waals surface area contributed by atoms with Gasteiger partial charge in [0, 0.05) is 25.2 Å². The van der Waals surface area contributed by atoms with Crippen LogP contribution < -0.4 is 14.2 Å². The average Bonchev–Trinajstić information content (AvgIpc) is 2.85. The normalized spacial score (nSPS) is 17.9. The van der Waals surface area contributed by atoms with Gasteiger partial charge >= 0.3 is 18.5 Å². The molecule has 0 bridgehead atoms. The molecule has 0 aromatic heterocycles. The lowest BCUT2D eigenvalue weighted by molar-refractivity contribution is -0.158. The molecule has 1 atom stereocenters. The van der Waals surface area contributed by atoms with Crippen LogP contribution in [0.1, 0.15) is 29.5 Å². The van der Waals surface area contributed by atoms with Crippen molar-refractivity contribution in [2.75, 3.05) is 32.8 Å². The number of nitrogens with zero attached hydrogens (tertiary/aromatic N) is 1. The van der Waals surface area contributed by atoms with E-state index in [1.807, 2.05) is 4.90 Å². The maximum Gasteiger partial charge on any atom is 0.506 e. The summed E-state index contributed by atoms with van der Waals surface area (Å²) in [5.41, 5.74) is -0.511. The second kappa shape index (κ2) is 11.8. The van der Waals surface area contributed by atoms with Crippen LogP contribution in [0.3, 0.4) is 0 Å². The molecule has 0 saturated carbocycles. The summed E-state index contributed by atoms with van der Waals surface area (Å²) in [4.78, 5) is 12.8. The molecule has 1 N–H and O–H groups in total. The molecular weight excluding hydrogens is 555 g/mol. The Morgan fingerprint density at radius 2 is 1.88 bits per heavy atom. The molecule has 0 amide bonds. The van der Waals surface area contributed by atoms with E-state index >= 15 is 0 Å². The minimum Gasteiger partial charge on any atom is -0.489 e. The fraction of sp³-hybridized carbons (Fsp3) is 0.423. The Bertz CT molecular complexity index is 1260. The first-order chi connectivity index (χ1) is 18.8. The first-order valence-electron chi connectivity index (χ1n) is 12.1. The fourth-order valence-corrected chi connectivity index (χ4v) is 4.44. The van der Waals surface area contributed by atoms with Gasteiger partial charge in [-0.3, -0.25) is 4.90 Å². The molecule has 40 heavy (non-hydrogen) atoms. The number of alkyl halides is 6. The number of fused-ring (bicyclic) bond motifs is 1. The number of benzene rings is 2. The summed E-state index contributed by atoms with van der Waals surface area (Å²) in [6.45, 7) is -0.654. The molecule has 2 aromatic carbocycles. The van der Waals surface area contributed by atoms with Gasteiger partial charge in [0.1, 0.15) is 42.4 Å². The molecule has 0 spiro atoms. The second-order valence-electron chi connectivity index (χ2n) is 9.31. The summed E-state index contributed by atoms with van der Waals surface area (Å²) in [7, 11) is 0. The largest absolute Gasteiger partial charge is 0.506 e. The minimum absolute atomic E-state index is 0.0243. The van der Waals surface area contributed by atoms with E-state index in [4.69, 9.17) is 19.3 Å². The van der Waals surface area contributed by atoms with Gasteiger partial charge in [-0.2, -0.15) is 26.3 Å². The molecular formula is C26H24F7NO6. The van der Waals surface area contributed by atoms with Gasteiger partial charge in [0.15, 0.2) is 6.61 Å². The summed E-state index contributed by atoms with van der Waals surface area (Å²) in [6.07, 6.45) is -8.60. The van der Waals surface area contributed by atoms with Crippen LogP contribution in [0.2, 0.25) is 0 Å². The van der Waals surface area contributed by atoms with Crippen molar-refractivity contribution < 1.29 is 59.6 Å². The quantitative estimate of drug-likeness (QED) is 0.291. The van der Waals surface area contributed by atoms with Crippen LogP contribution in [-0.2, 0) is 17.5 Å². The van der Waals surface area contributed by atoms with Gasteiger partial charge in [-0.1, -0.05) is 6.07 Å². The molecule has 0 aliphatic carbocycles. The van der Waals surface area contributed by atoms with Crippen molar-refractivity contribution in [1.29, 1.82) is 0 Å². The van der Waals surface area contributed by atoms with Crippen molar-refractivity contribution in [3.8, 4) is 17.2 Å². The number of rotatable bonds is 8. The molecule has 1 saturated heterocycles. The number of hydrogen-bond acceptors (Lipinski definition) is 6. The third kappa shape index (κ3) is 7.93. The number of ether oxygens (including phenoxy) is 4. The van der Waals surface area contributed by atoms with Gasteiger partial charge in [0.25, 0.3) is 0 Å². The lowest BCUT2D eigenvalue weighted by atomic mass is 10.0. The molecule has 14 heteroatoms. The lowest BCUT2D eigenvalue weighted by Crippen LogP contribution is -2.41.